The minimum Gasteiger partial charge on any atom is -0.350 e. The first-order chi connectivity index (χ1) is 11.0. The summed E-state index contributed by atoms with van der Waals surface area (Å²) in [6.45, 7) is 2.86. The van der Waals surface area contributed by atoms with Gasteiger partial charge in [-0.25, -0.2) is 0 Å². The maximum atomic E-state index is 12.3. The standard InChI is InChI=1S/C18H21BrN2OS/c1-12(21(2)15-7-8-15)11-20-18(22)17-10-9-16(23-17)13-3-5-14(19)6-4-13/h3-6,9-10,12,15H,7-8,11H2,1-2H3,(H,20,22). The van der Waals surface area contributed by atoms with E-state index in [0.717, 1.165) is 19.8 Å². The highest BCUT2D eigenvalue weighted by atomic mass is 79.9. The van der Waals surface area contributed by atoms with Crippen molar-refractivity contribution in [1.82, 2.24) is 10.2 Å². The molecule has 0 bridgehead atoms. The lowest BCUT2D eigenvalue weighted by molar-refractivity contribution is 0.0943. The predicted octanol–water partition coefficient (Wildman–Crippen LogP) is 4.39. The Labute approximate surface area is 149 Å². The fraction of sp³-hybridized carbons (Fsp3) is 0.389. The average molecular weight is 393 g/mol. The Hall–Kier alpha value is -1.17. The van der Waals surface area contributed by atoms with E-state index in [0.29, 0.717) is 18.6 Å². The number of benzene rings is 1. The number of amides is 1. The summed E-state index contributed by atoms with van der Waals surface area (Å²) in [6.07, 6.45) is 2.58. The number of nitrogens with one attached hydrogen (secondary N) is 1. The number of rotatable bonds is 6. The largest absolute Gasteiger partial charge is 0.350 e. The Morgan fingerprint density at radius 3 is 2.65 bits per heavy atom. The average Bonchev–Trinajstić information content (AvgIpc) is 3.29. The third kappa shape index (κ3) is 4.22. The molecule has 0 spiro atoms. The zero-order chi connectivity index (χ0) is 16.4. The Morgan fingerprint density at radius 1 is 1.30 bits per heavy atom. The van der Waals surface area contributed by atoms with E-state index in [1.165, 1.54) is 24.2 Å². The van der Waals surface area contributed by atoms with Gasteiger partial charge in [-0.1, -0.05) is 28.1 Å². The summed E-state index contributed by atoms with van der Waals surface area (Å²) in [5.74, 6) is 0.0226. The Bertz CT molecular complexity index is 679. The van der Waals surface area contributed by atoms with Gasteiger partial charge in [-0.3, -0.25) is 9.69 Å². The van der Waals surface area contributed by atoms with Crippen LogP contribution in [-0.4, -0.2) is 36.5 Å². The number of carbonyl (C=O) groups is 1. The summed E-state index contributed by atoms with van der Waals surface area (Å²) in [5.41, 5.74) is 1.14. The summed E-state index contributed by atoms with van der Waals surface area (Å²) >= 11 is 4.98. The third-order valence-corrected chi connectivity index (χ3v) is 6.00. The molecule has 1 atom stereocenters. The highest BCUT2D eigenvalue weighted by Gasteiger charge is 2.29. The molecule has 1 aromatic carbocycles. The fourth-order valence-electron chi connectivity index (χ4n) is 2.54. The van der Waals surface area contributed by atoms with Crippen LogP contribution in [0.3, 0.4) is 0 Å². The number of hydrogen-bond donors (Lipinski definition) is 1. The number of likely N-dealkylation sites (N-methyl/N-ethyl adjacent to an activating group) is 1. The molecular formula is C18H21BrN2OS. The van der Waals surface area contributed by atoms with Gasteiger partial charge >= 0.3 is 0 Å². The zero-order valence-corrected chi connectivity index (χ0v) is 15.8. The quantitative estimate of drug-likeness (QED) is 0.790. The van der Waals surface area contributed by atoms with Crippen LogP contribution in [0.25, 0.3) is 10.4 Å². The van der Waals surface area contributed by atoms with Crippen LogP contribution >= 0.6 is 27.3 Å². The lowest BCUT2D eigenvalue weighted by atomic mass is 10.2. The second-order valence-corrected chi connectivity index (χ2v) is 8.13. The fourth-order valence-corrected chi connectivity index (χ4v) is 3.73. The van der Waals surface area contributed by atoms with E-state index in [1.54, 1.807) is 0 Å². The molecule has 1 fully saturated rings. The van der Waals surface area contributed by atoms with E-state index < -0.39 is 0 Å². The smallest absolute Gasteiger partial charge is 0.261 e. The van der Waals surface area contributed by atoms with E-state index in [9.17, 15) is 4.79 Å². The maximum Gasteiger partial charge on any atom is 0.261 e. The van der Waals surface area contributed by atoms with Crippen molar-refractivity contribution in [2.45, 2.75) is 31.8 Å². The van der Waals surface area contributed by atoms with E-state index in [1.807, 2.05) is 24.3 Å². The predicted molar refractivity (Wildman–Crippen MR) is 100 cm³/mol. The van der Waals surface area contributed by atoms with E-state index in [2.05, 4.69) is 52.3 Å². The van der Waals surface area contributed by atoms with Crippen LogP contribution in [0.2, 0.25) is 0 Å². The number of nitrogens with zero attached hydrogens (tertiary/aromatic N) is 1. The van der Waals surface area contributed by atoms with Crippen LogP contribution < -0.4 is 5.32 Å². The SMILES string of the molecule is CC(CNC(=O)c1ccc(-c2ccc(Br)cc2)s1)N(C)C1CC1. The van der Waals surface area contributed by atoms with Crippen molar-refractivity contribution < 1.29 is 4.79 Å². The molecule has 2 aromatic rings. The third-order valence-electron chi connectivity index (χ3n) is 4.33. The molecule has 1 unspecified atom stereocenters. The Kier molecular flexibility index (Phi) is 5.19. The molecule has 0 radical (unpaired) electrons. The van der Waals surface area contributed by atoms with Crippen molar-refractivity contribution in [3.8, 4) is 10.4 Å². The van der Waals surface area contributed by atoms with E-state index in [4.69, 9.17) is 0 Å². The molecule has 3 rings (SSSR count). The number of thiophene rings is 1. The molecule has 0 saturated heterocycles. The van der Waals surface area contributed by atoms with Crippen LogP contribution in [0, 0.1) is 0 Å². The van der Waals surface area contributed by atoms with Crippen molar-refractivity contribution in [3.05, 3.63) is 45.7 Å². The summed E-state index contributed by atoms with van der Waals surface area (Å²) in [5, 5.41) is 3.06. The molecule has 5 heteroatoms. The van der Waals surface area contributed by atoms with Crippen LogP contribution in [0.15, 0.2) is 40.9 Å². The van der Waals surface area contributed by atoms with Crippen molar-refractivity contribution >= 4 is 33.2 Å². The second kappa shape index (κ2) is 7.16. The van der Waals surface area contributed by atoms with Gasteiger partial charge in [-0.2, -0.15) is 0 Å². The van der Waals surface area contributed by atoms with Gasteiger partial charge in [0.05, 0.1) is 4.88 Å². The molecule has 1 aromatic heterocycles. The van der Waals surface area contributed by atoms with Crippen LogP contribution in [0.4, 0.5) is 0 Å². The topological polar surface area (TPSA) is 32.3 Å². The van der Waals surface area contributed by atoms with Gasteiger partial charge in [0.25, 0.3) is 5.91 Å². The molecular weight excluding hydrogens is 372 g/mol. The molecule has 1 N–H and O–H groups in total. The molecule has 1 saturated carbocycles. The monoisotopic (exact) mass is 392 g/mol. The summed E-state index contributed by atoms with van der Waals surface area (Å²) in [6, 6.07) is 13.2. The van der Waals surface area contributed by atoms with E-state index >= 15 is 0 Å². The van der Waals surface area contributed by atoms with Gasteiger partial charge in [0.2, 0.25) is 0 Å². The zero-order valence-electron chi connectivity index (χ0n) is 13.4. The summed E-state index contributed by atoms with van der Waals surface area (Å²) in [7, 11) is 2.14. The maximum absolute atomic E-state index is 12.3. The number of hydrogen-bond acceptors (Lipinski definition) is 3. The Morgan fingerprint density at radius 2 is 2.00 bits per heavy atom. The van der Waals surface area contributed by atoms with E-state index in [-0.39, 0.29) is 5.91 Å². The Balaban J connectivity index is 1.58. The van der Waals surface area contributed by atoms with Crippen LogP contribution in [-0.2, 0) is 0 Å². The first-order valence-electron chi connectivity index (χ1n) is 7.90. The van der Waals surface area contributed by atoms with Crippen molar-refractivity contribution in [1.29, 1.82) is 0 Å². The normalized spacial score (nSPS) is 15.7. The van der Waals surface area contributed by atoms with Crippen LogP contribution in [0.1, 0.15) is 29.4 Å². The minimum absolute atomic E-state index is 0.0226. The van der Waals surface area contributed by atoms with Gasteiger partial charge in [0, 0.05) is 28.0 Å². The molecule has 122 valence electrons. The second-order valence-electron chi connectivity index (χ2n) is 6.13. The van der Waals surface area contributed by atoms with Crippen molar-refractivity contribution in [2.24, 2.45) is 0 Å². The molecule has 23 heavy (non-hydrogen) atoms. The lowest BCUT2D eigenvalue weighted by Crippen LogP contribution is -2.41. The lowest BCUT2D eigenvalue weighted by Gasteiger charge is -2.24. The van der Waals surface area contributed by atoms with Crippen molar-refractivity contribution in [3.63, 3.8) is 0 Å². The first-order valence-corrected chi connectivity index (χ1v) is 9.51. The molecule has 3 nitrogen and oxygen atoms in total. The molecule has 1 heterocycles. The van der Waals surface area contributed by atoms with Gasteiger partial charge in [0.15, 0.2) is 0 Å². The van der Waals surface area contributed by atoms with Gasteiger partial charge < -0.3 is 5.32 Å². The molecule has 1 amide bonds. The van der Waals surface area contributed by atoms with Gasteiger partial charge in [-0.15, -0.1) is 11.3 Å². The first kappa shape index (κ1) is 16.7. The molecule has 1 aliphatic rings. The number of carbonyl (C=O) groups excluding carboxylic acids is 1. The summed E-state index contributed by atoms with van der Waals surface area (Å²) < 4.78 is 1.06. The van der Waals surface area contributed by atoms with Gasteiger partial charge in [0.1, 0.15) is 0 Å². The van der Waals surface area contributed by atoms with Crippen molar-refractivity contribution in [2.75, 3.05) is 13.6 Å². The highest BCUT2D eigenvalue weighted by Crippen LogP contribution is 2.29. The molecule has 0 aliphatic heterocycles. The number of halogens is 1. The molecule has 1 aliphatic carbocycles. The van der Waals surface area contributed by atoms with Crippen LogP contribution in [0.5, 0.6) is 0 Å². The van der Waals surface area contributed by atoms with Gasteiger partial charge in [-0.05, 0) is 56.6 Å². The highest BCUT2D eigenvalue weighted by molar-refractivity contribution is 9.10. The minimum atomic E-state index is 0.0226. The summed E-state index contributed by atoms with van der Waals surface area (Å²) in [4.78, 5) is 16.6.